The van der Waals surface area contributed by atoms with Crippen molar-refractivity contribution in [3.8, 4) is 5.75 Å². The Labute approximate surface area is 111 Å². The summed E-state index contributed by atoms with van der Waals surface area (Å²) in [4.78, 5) is 10.9. The molecular formula is C15H16O4. The third kappa shape index (κ3) is 2.78. The number of benzene rings is 1. The van der Waals surface area contributed by atoms with Crippen LogP contribution in [0, 0.1) is 20.8 Å². The van der Waals surface area contributed by atoms with Crippen LogP contribution in [0.1, 0.15) is 33.0 Å². The van der Waals surface area contributed by atoms with Gasteiger partial charge in [0, 0.05) is 5.56 Å². The molecule has 19 heavy (non-hydrogen) atoms. The molecule has 2 aromatic rings. The SMILES string of the molecule is Cc1cc(COc2cccc(C)c2C)oc1C(=O)O. The van der Waals surface area contributed by atoms with Crippen LogP contribution in [-0.4, -0.2) is 11.1 Å². The number of ether oxygens (including phenoxy) is 1. The Morgan fingerprint density at radius 3 is 2.63 bits per heavy atom. The van der Waals surface area contributed by atoms with Gasteiger partial charge in [-0.05, 0) is 44.0 Å². The highest BCUT2D eigenvalue weighted by Gasteiger charge is 2.14. The van der Waals surface area contributed by atoms with Crippen LogP contribution in [0.2, 0.25) is 0 Å². The number of carboxylic acid groups (broad SMARTS) is 1. The number of aromatic carboxylic acids is 1. The van der Waals surface area contributed by atoms with Gasteiger partial charge in [-0.25, -0.2) is 4.79 Å². The van der Waals surface area contributed by atoms with Gasteiger partial charge in [-0.15, -0.1) is 0 Å². The van der Waals surface area contributed by atoms with Crippen molar-refractivity contribution >= 4 is 5.97 Å². The van der Waals surface area contributed by atoms with Crippen LogP contribution >= 0.6 is 0 Å². The van der Waals surface area contributed by atoms with Crippen molar-refractivity contribution in [1.82, 2.24) is 0 Å². The maximum Gasteiger partial charge on any atom is 0.372 e. The minimum Gasteiger partial charge on any atom is -0.485 e. The number of hydrogen-bond acceptors (Lipinski definition) is 3. The molecule has 0 aliphatic carbocycles. The summed E-state index contributed by atoms with van der Waals surface area (Å²) in [6.45, 7) is 5.93. The average molecular weight is 260 g/mol. The lowest BCUT2D eigenvalue weighted by atomic mass is 10.1. The maximum atomic E-state index is 10.9. The van der Waals surface area contributed by atoms with Gasteiger partial charge in [0.15, 0.2) is 0 Å². The molecule has 0 bridgehead atoms. The van der Waals surface area contributed by atoms with Crippen molar-refractivity contribution in [3.63, 3.8) is 0 Å². The normalized spacial score (nSPS) is 10.5. The highest BCUT2D eigenvalue weighted by Crippen LogP contribution is 2.23. The number of rotatable bonds is 4. The summed E-state index contributed by atoms with van der Waals surface area (Å²) in [6.07, 6.45) is 0. The molecule has 2 rings (SSSR count). The van der Waals surface area contributed by atoms with Crippen LogP contribution in [0.15, 0.2) is 28.7 Å². The van der Waals surface area contributed by atoms with E-state index in [1.807, 2.05) is 32.0 Å². The van der Waals surface area contributed by atoms with Crippen LogP contribution < -0.4 is 4.74 Å². The van der Waals surface area contributed by atoms with Crippen molar-refractivity contribution in [2.75, 3.05) is 0 Å². The van der Waals surface area contributed by atoms with E-state index in [0.717, 1.165) is 16.9 Å². The second-order valence-electron chi connectivity index (χ2n) is 4.52. The van der Waals surface area contributed by atoms with Crippen molar-refractivity contribution < 1.29 is 19.1 Å². The van der Waals surface area contributed by atoms with E-state index in [1.54, 1.807) is 13.0 Å². The Balaban J connectivity index is 2.13. The standard InChI is InChI=1S/C15H16O4/c1-9-5-4-6-13(11(9)3)18-8-12-7-10(2)14(19-12)15(16)17/h4-7H,8H2,1-3H3,(H,16,17). The molecule has 0 aliphatic rings. The monoisotopic (exact) mass is 260 g/mol. The van der Waals surface area contributed by atoms with E-state index in [0.29, 0.717) is 11.3 Å². The predicted octanol–water partition coefficient (Wildman–Crippen LogP) is 3.48. The van der Waals surface area contributed by atoms with E-state index in [-0.39, 0.29) is 12.4 Å². The van der Waals surface area contributed by atoms with Crippen molar-refractivity contribution in [2.45, 2.75) is 27.4 Å². The molecule has 0 atom stereocenters. The van der Waals surface area contributed by atoms with Gasteiger partial charge in [0.1, 0.15) is 18.1 Å². The minimum absolute atomic E-state index is 0.0282. The summed E-state index contributed by atoms with van der Waals surface area (Å²) in [7, 11) is 0. The molecule has 0 aliphatic heterocycles. The van der Waals surface area contributed by atoms with Gasteiger partial charge in [-0.1, -0.05) is 12.1 Å². The van der Waals surface area contributed by atoms with Crippen LogP contribution in [0.5, 0.6) is 5.75 Å². The van der Waals surface area contributed by atoms with Gasteiger partial charge < -0.3 is 14.3 Å². The smallest absolute Gasteiger partial charge is 0.372 e. The fourth-order valence-electron chi connectivity index (χ4n) is 1.86. The molecular weight excluding hydrogens is 244 g/mol. The summed E-state index contributed by atoms with van der Waals surface area (Å²) in [5, 5.41) is 8.91. The molecule has 0 amide bonds. The third-order valence-electron chi connectivity index (χ3n) is 3.09. The molecule has 0 unspecified atom stereocenters. The first-order chi connectivity index (χ1) is 8.99. The largest absolute Gasteiger partial charge is 0.485 e. The molecule has 0 saturated carbocycles. The Kier molecular flexibility index (Phi) is 3.60. The molecule has 1 heterocycles. The number of carbonyl (C=O) groups is 1. The molecule has 0 radical (unpaired) electrons. The van der Waals surface area contributed by atoms with Crippen LogP contribution in [-0.2, 0) is 6.61 Å². The number of carboxylic acids is 1. The second kappa shape index (κ2) is 5.18. The van der Waals surface area contributed by atoms with Gasteiger partial charge in [0.2, 0.25) is 5.76 Å². The highest BCUT2D eigenvalue weighted by molar-refractivity contribution is 5.86. The third-order valence-corrected chi connectivity index (χ3v) is 3.09. The second-order valence-corrected chi connectivity index (χ2v) is 4.52. The Bertz CT molecular complexity index is 611. The first-order valence-electron chi connectivity index (χ1n) is 6.00. The summed E-state index contributed by atoms with van der Waals surface area (Å²) in [5.41, 5.74) is 2.83. The van der Waals surface area contributed by atoms with Gasteiger partial charge in [0.25, 0.3) is 0 Å². The summed E-state index contributed by atoms with van der Waals surface area (Å²) in [6, 6.07) is 7.51. The number of hydrogen-bond donors (Lipinski definition) is 1. The lowest BCUT2D eigenvalue weighted by Gasteiger charge is -2.09. The number of furan rings is 1. The van der Waals surface area contributed by atoms with E-state index < -0.39 is 5.97 Å². The quantitative estimate of drug-likeness (QED) is 0.914. The zero-order valence-electron chi connectivity index (χ0n) is 11.2. The Morgan fingerprint density at radius 2 is 2.00 bits per heavy atom. The number of aryl methyl sites for hydroxylation is 2. The van der Waals surface area contributed by atoms with Gasteiger partial charge in [-0.3, -0.25) is 0 Å². The van der Waals surface area contributed by atoms with Crippen LogP contribution in [0.4, 0.5) is 0 Å². The molecule has 0 saturated heterocycles. The zero-order valence-corrected chi connectivity index (χ0v) is 11.2. The average Bonchev–Trinajstić information content (AvgIpc) is 2.73. The van der Waals surface area contributed by atoms with Crippen LogP contribution in [0.3, 0.4) is 0 Å². The molecule has 0 fully saturated rings. The molecule has 1 aromatic carbocycles. The van der Waals surface area contributed by atoms with E-state index in [4.69, 9.17) is 14.3 Å². The zero-order chi connectivity index (χ0) is 14.0. The topological polar surface area (TPSA) is 59.7 Å². The van der Waals surface area contributed by atoms with E-state index in [9.17, 15) is 4.79 Å². The molecule has 4 heteroatoms. The van der Waals surface area contributed by atoms with Crippen molar-refractivity contribution in [1.29, 1.82) is 0 Å². The molecule has 4 nitrogen and oxygen atoms in total. The maximum absolute atomic E-state index is 10.9. The lowest BCUT2D eigenvalue weighted by Crippen LogP contribution is -1.97. The predicted molar refractivity (Wildman–Crippen MR) is 70.7 cm³/mol. The fraction of sp³-hybridized carbons (Fsp3) is 0.267. The first-order valence-corrected chi connectivity index (χ1v) is 6.00. The first kappa shape index (κ1) is 13.2. The van der Waals surface area contributed by atoms with Gasteiger partial charge >= 0.3 is 5.97 Å². The van der Waals surface area contributed by atoms with E-state index in [1.165, 1.54) is 0 Å². The summed E-state index contributed by atoms with van der Waals surface area (Å²) >= 11 is 0. The lowest BCUT2D eigenvalue weighted by molar-refractivity contribution is 0.0657. The van der Waals surface area contributed by atoms with Crippen molar-refractivity contribution in [3.05, 3.63) is 52.5 Å². The molecule has 1 aromatic heterocycles. The van der Waals surface area contributed by atoms with Crippen LogP contribution in [0.25, 0.3) is 0 Å². The minimum atomic E-state index is -1.06. The highest BCUT2D eigenvalue weighted by atomic mass is 16.5. The van der Waals surface area contributed by atoms with Crippen molar-refractivity contribution in [2.24, 2.45) is 0 Å². The molecule has 100 valence electrons. The van der Waals surface area contributed by atoms with Gasteiger partial charge in [0.05, 0.1) is 0 Å². The summed E-state index contributed by atoms with van der Waals surface area (Å²) < 4.78 is 10.9. The summed E-state index contributed by atoms with van der Waals surface area (Å²) in [5.74, 6) is 0.205. The van der Waals surface area contributed by atoms with E-state index in [2.05, 4.69) is 0 Å². The molecule has 1 N–H and O–H groups in total. The Morgan fingerprint density at radius 1 is 1.26 bits per heavy atom. The Hall–Kier alpha value is -2.23. The van der Waals surface area contributed by atoms with E-state index >= 15 is 0 Å². The fourth-order valence-corrected chi connectivity index (χ4v) is 1.86. The molecule has 0 spiro atoms. The van der Waals surface area contributed by atoms with Gasteiger partial charge in [-0.2, -0.15) is 0 Å².